The molecule has 5 nitrogen and oxygen atoms in total. The molecule has 0 unspecified atom stereocenters. The minimum Gasteiger partial charge on any atom is -0.338 e. The van der Waals surface area contributed by atoms with Crippen molar-refractivity contribution < 1.29 is 4.79 Å². The zero-order valence-corrected chi connectivity index (χ0v) is 11.1. The molecular weight excluding hydrogens is 248 g/mol. The van der Waals surface area contributed by atoms with E-state index in [1.54, 1.807) is 28.9 Å². The highest BCUT2D eigenvalue weighted by molar-refractivity contribution is 7.13. The molecule has 0 spiro atoms. The maximum absolute atomic E-state index is 12.1. The van der Waals surface area contributed by atoms with Gasteiger partial charge in [0.05, 0.1) is 6.20 Å². The van der Waals surface area contributed by atoms with Crippen LogP contribution in [-0.2, 0) is 0 Å². The Bertz CT molecular complexity index is 522. The minimum absolute atomic E-state index is 0.0357. The van der Waals surface area contributed by atoms with Crippen LogP contribution in [0.4, 0.5) is 0 Å². The lowest BCUT2D eigenvalue weighted by Crippen LogP contribution is -2.30. The van der Waals surface area contributed by atoms with Gasteiger partial charge in [-0.2, -0.15) is 0 Å². The topological polar surface area (TPSA) is 59.0 Å². The van der Waals surface area contributed by atoms with E-state index in [1.165, 1.54) is 11.3 Å². The maximum Gasteiger partial charge on any atom is 0.273 e. The van der Waals surface area contributed by atoms with Crippen LogP contribution in [0, 0.1) is 0 Å². The first-order chi connectivity index (χ1) is 8.76. The van der Waals surface area contributed by atoms with Gasteiger partial charge in [-0.1, -0.05) is 0 Å². The van der Waals surface area contributed by atoms with Crippen molar-refractivity contribution in [2.24, 2.45) is 0 Å². The summed E-state index contributed by atoms with van der Waals surface area (Å²) >= 11 is 1.41. The summed E-state index contributed by atoms with van der Waals surface area (Å²) in [6, 6.07) is 0. The van der Waals surface area contributed by atoms with E-state index in [0.29, 0.717) is 24.5 Å². The van der Waals surface area contributed by atoms with E-state index >= 15 is 0 Å². The van der Waals surface area contributed by atoms with Crippen molar-refractivity contribution in [3.05, 3.63) is 29.7 Å². The van der Waals surface area contributed by atoms with Crippen molar-refractivity contribution in [2.45, 2.75) is 13.8 Å². The Balaban J connectivity index is 2.23. The van der Waals surface area contributed by atoms with E-state index in [0.717, 1.165) is 5.01 Å². The quantitative estimate of drug-likeness (QED) is 0.846. The lowest BCUT2D eigenvalue weighted by atomic mass is 10.4. The van der Waals surface area contributed by atoms with Gasteiger partial charge in [0.1, 0.15) is 16.4 Å². The summed E-state index contributed by atoms with van der Waals surface area (Å²) in [5.74, 6) is -0.0357. The standard InChI is InChI=1S/C12H14N4OS/c1-3-16(4-2)12(17)10-8-18-11(15-10)9-7-13-5-6-14-9/h5-8H,3-4H2,1-2H3. The predicted octanol–water partition coefficient (Wildman–Crippen LogP) is 2.08. The SMILES string of the molecule is CCN(CC)C(=O)c1csc(-c2cnccn2)n1. The minimum atomic E-state index is -0.0357. The van der Waals surface area contributed by atoms with Crippen LogP contribution in [0.3, 0.4) is 0 Å². The number of carbonyl (C=O) groups is 1. The number of thiazole rings is 1. The number of hydrogen-bond donors (Lipinski definition) is 0. The normalized spacial score (nSPS) is 10.3. The average Bonchev–Trinajstić information content (AvgIpc) is 2.90. The van der Waals surface area contributed by atoms with Gasteiger partial charge in [-0.25, -0.2) is 4.98 Å². The van der Waals surface area contributed by atoms with Gasteiger partial charge in [-0.3, -0.25) is 14.8 Å². The summed E-state index contributed by atoms with van der Waals surface area (Å²) in [4.78, 5) is 26.3. The zero-order valence-electron chi connectivity index (χ0n) is 10.3. The molecule has 1 amide bonds. The third-order valence-electron chi connectivity index (χ3n) is 2.56. The predicted molar refractivity (Wildman–Crippen MR) is 70.4 cm³/mol. The Hall–Kier alpha value is -1.82. The number of amides is 1. The van der Waals surface area contributed by atoms with Gasteiger partial charge in [0.2, 0.25) is 0 Å². The fourth-order valence-electron chi connectivity index (χ4n) is 1.57. The van der Waals surface area contributed by atoms with Gasteiger partial charge in [-0.05, 0) is 13.8 Å². The van der Waals surface area contributed by atoms with Crippen LogP contribution in [0.5, 0.6) is 0 Å². The van der Waals surface area contributed by atoms with Gasteiger partial charge in [0, 0.05) is 30.9 Å². The molecule has 0 aromatic carbocycles. The molecule has 2 aromatic rings. The Labute approximate surface area is 110 Å². The summed E-state index contributed by atoms with van der Waals surface area (Å²) < 4.78 is 0. The fourth-order valence-corrected chi connectivity index (χ4v) is 2.33. The Morgan fingerprint density at radius 3 is 2.72 bits per heavy atom. The molecule has 2 rings (SSSR count). The Morgan fingerprint density at radius 1 is 1.33 bits per heavy atom. The maximum atomic E-state index is 12.1. The van der Waals surface area contributed by atoms with Crippen molar-refractivity contribution in [1.82, 2.24) is 19.9 Å². The summed E-state index contributed by atoms with van der Waals surface area (Å²) in [7, 11) is 0. The van der Waals surface area contributed by atoms with Gasteiger partial charge < -0.3 is 4.90 Å². The monoisotopic (exact) mass is 262 g/mol. The zero-order chi connectivity index (χ0) is 13.0. The van der Waals surface area contributed by atoms with Crippen LogP contribution in [0.1, 0.15) is 24.3 Å². The number of aromatic nitrogens is 3. The lowest BCUT2D eigenvalue weighted by Gasteiger charge is -2.16. The van der Waals surface area contributed by atoms with Gasteiger partial charge >= 0.3 is 0 Å². The second kappa shape index (κ2) is 5.68. The summed E-state index contributed by atoms with van der Waals surface area (Å²) in [5.41, 5.74) is 1.17. The molecule has 2 aromatic heterocycles. The van der Waals surface area contributed by atoms with Gasteiger partial charge in [0.15, 0.2) is 0 Å². The van der Waals surface area contributed by atoms with Crippen LogP contribution in [0.2, 0.25) is 0 Å². The van der Waals surface area contributed by atoms with E-state index in [-0.39, 0.29) is 5.91 Å². The first kappa shape index (κ1) is 12.6. The molecule has 0 atom stereocenters. The van der Waals surface area contributed by atoms with Crippen molar-refractivity contribution in [2.75, 3.05) is 13.1 Å². The largest absolute Gasteiger partial charge is 0.338 e. The van der Waals surface area contributed by atoms with Crippen LogP contribution < -0.4 is 0 Å². The molecule has 0 N–H and O–H groups in total. The third kappa shape index (κ3) is 2.53. The molecule has 6 heteroatoms. The van der Waals surface area contributed by atoms with Crippen LogP contribution in [-0.4, -0.2) is 38.8 Å². The number of rotatable bonds is 4. The van der Waals surface area contributed by atoms with Crippen molar-refractivity contribution >= 4 is 17.2 Å². The number of nitrogens with zero attached hydrogens (tertiary/aromatic N) is 4. The molecule has 0 aliphatic carbocycles. The smallest absolute Gasteiger partial charge is 0.273 e. The van der Waals surface area contributed by atoms with E-state index in [4.69, 9.17) is 0 Å². The molecule has 0 saturated heterocycles. The molecule has 94 valence electrons. The molecule has 0 radical (unpaired) electrons. The summed E-state index contributed by atoms with van der Waals surface area (Å²) in [5, 5.41) is 2.49. The Kier molecular flexibility index (Phi) is 3.99. The molecule has 0 aliphatic heterocycles. The Morgan fingerprint density at radius 2 is 2.11 bits per heavy atom. The fraction of sp³-hybridized carbons (Fsp3) is 0.333. The molecule has 0 aliphatic rings. The highest BCUT2D eigenvalue weighted by Crippen LogP contribution is 2.21. The van der Waals surface area contributed by atoms with E-state index in [9.17, 15) is 4.79 Å². The average molecular weight is 262 g/mol. The van der Waals surface area contributed by atoms with E-state index < -0.39 is 0 Å². The van der Waals surface area contributed by atoms with Crippen LogP contribution >= 0.6 is 11.3 Å². The van der Waals surface area contributed by atoms with E-state index in [2.05, 4.69) is 15.0 Å². The second-order valence-corrected chi connectivity index (χ2v) is 4.46. The highest BCUT2D eigenvalue weighted by atomic mass is 32.1. The molecule has 0 saturated carbocycles. The van der Waals surface area contributed by atoms with Gasteiger partial charge in [-0.15, -0.1) is 11.3 Å². The second-order valence-electron chi connectivity index (χ2n) is 3.61. The molecule has 2 heterocycles. The summed E-state index contributed by atoms with van der Waals surface area (Å²) in [6.07, 6.45) is 4.87. The number of carbonyl (C=O) groups excluding carboxylic acids is 1. The molecule has 18 heavy (non-hydrogen) atoms. The summed E-state index contributed by atoms with van der Waals surface area (Å²) in [6.45, 7) is 5.29. The molecular formula is C12H14N4OS. The van der Waals surface area contributed by atoms with Gasteiger partial charge in [0.25, 0.3) is 5.91 Å². The number of hydrogen-bond acceptors (Lipinski definition) is 5. The van der Waals surface area contributed by atoms with Crippen molar-refractivity contribution in [3.8, 4) is 10.7 Å². The van der Waals surface area contributed by atoms with E-state index in [1.807, 2.05) is 13.8 Å². The molecule has 0 bridgehead atoms. The molecule has 0 fully saturated rings. The van der Waals surface area contributed by atoms with Crippen LogP contribution in [0.25, 0.3) is 10.7 Å². The van der Waals surface area contributed by atoms with Crippen LogP contribution in [0.15, 0.2) is 24.0 Å². The first-order valence-electron chi connectivity index (χ1n) is 5.77. The van der Waals surface area contributed by atoms with Crippen molar-refractivity contribution in [1.29, 1.82) is 0 Å². The first-order valence-corrected chi connectivity index (χ1v) is 6.65. The third-order valence-corrected chi connectivity index (χ3v) is 3.42. The van der Waals surface area contributed by atoms with Crippen molar-refractivity contribution in [3.63, 3.8) is 0 Å². The highest BCUT2D eigenvalue weighted by Gasteiger charge is 2.16. The lowest BCUT2D eigenvalue weighted by molar-refractivity contribution is 0.0768.